The smallest absolute Gasteiger partial charge is 0.0795 e. The van der Waals surface area contributed by atoms with Gasteiger partial charge in [-0.15, -0.1) is 0 Å². The van der Waals surface area contributed by atoms with Crippen LogP contribution in [0.3, 0.4) is 0 Å². The van der Waals surface area contributed by atoms with Gasteiger partial charge in [-0.05, 0) is 45.5 Å². The predicted octanol–water partition coefficient (Wildman–Crippen LogP) is 3.75. The van der Waals surface area contributed by atoms with Gasteiger partial charge in [0.15, 0.2) is 0 Å². The number of rotatable bonds is 0. The van der Waals surface area contributed by atoms with Gasteiger partial charge in [0.1, 0.15) is 0 Å². The fraction of sp³-hybridized carbons (Fsp3) is 0. The second-order valence-electron chi connectivity index (χ2n) is 6.89. The van der Waals surface area contributed by atoms with Crippen LogP contribution in [0.1, 0.15) is 5.56 Å². The molecule has 0 amide bonds. The lowest BCUT2D eigenvalue weighted by molar-refractivity contribution is 1.45. The molecular weight excluding hydrogens is 318 g/mol. The highest BCUT2D eigenvalue weighted by atomic mass is 14.8. The molecule has 3 heteroatoms. The van der Waals surface area contributed by atoms with Crippen LogP contribution in [-0.2, 0) is 0 Å². The van der Waals surface area contributed by atoms with Gasteiger partial charge < -0.3 is 11.5 Å². The first-order chi connectivity index (χ1) is 12.7. The van der Waals surface area contributed by atoms with Gasteiger partial charge in [0.2, 0.25) is 0 Å². The summed E-state index contributed by atoms with van der Waals surface area (Å²) < 4.78 is 0. The van der Waals surface area contributed by atoms with Gasteiger partial charge in [-0.2, -0.15) is 0 Å². The molecule has 0 spiro atoms. The van der Waals surface area contributed by atoms with Crippen molar-refractivity contribution in [2.45, 2.75) is 0 Å². The summed E-state index contributed by atoms with van der Waals surface area (Å²) in [7, 11) is 0. The summed E-state index contributed by atoms with van der Waals surface area (Å²) in [5, 5.41) is 4.63. The van der Waals surface area contributed by atoms with Gasteiger partial charge in [-0.3, -0.25) is 0 Å². The molecule has 0 saturated carbocycles. The molecule has 0 bridgehead atoms. The topological polar surface area (TPSA) is 64.4 Å². The molecule has 4 N–H and O–H groups in total. The van der Waals surface area contributed by atoms with Crippen molar-refractivity contribution in [2.75, 3.05) is 11.5 Å². The second kappa shape index (κ2) is 4.52. The Hall–Kier alpha value is -3.59. The Bertz CT molecular complexity index is 1400. The van der Waals surface area contributed by atoms with Crippen LogP contribution >= 0.6 is 0 Å². The Balaban J connectivity index is 1.73. The summed E-state index contributed by atoms with van der Waals surface area (Å²) in [4.78, 5) is 4.87. The number of nitrogens with two attached hydrogens (primary N) is 2. The van der Waals surface area contributed by atoms with Crippen LogP contribution in [0.15, 0.2) is 65.7 Å². The summed E-state index contributed by atoms with van der Waals surface area (Å²) in [6, 6.07) is 21.0. The summed E-state index contributed by atoms with van der Waals surface area (Å²) in [6.45, 7) is 0. The van der Waals surface area contributed by atoms with Crippen molar-refractivity contribution in [1.82, 2.24) is 0 Å². The third-order valence-electron chi connectivity index (χ3n) is 5.52. The van der Waals surface area contributed by atoms with Crippen LogP contribution in [-0.4, -0.2) is 0 Å². The summed E-state index contributed by atoms with van der Waals surface area (Å²) in [5.74, 6) is 0. The predicted molar refractivity (Wildman–Crippen MR) is 108 cm³/mol. The van der Waals surface area contributed by atoms with Crippen molar-refractivity contribution in [3.63, 3.8) is 0 Å². The first-order valence-corrected chi connectivity index (χ1v) is 8.66. The standard InChI is InChI=1S/C23H15N3/c24-19-9-10-20-21(22(19)25)17-8-6-15-16(23(17)26-20)7-5-14-13-4-2-1-3-12(13)11-18(14)15/h1-11H,24-25H2. The van der Waals surface area contributed by atoms with Crippen molar-refractivity contribution in [1.29, 1.82) is 0 Å². The number of fused-ring (bicyclic) bond motifs is 9. The zero-order chi connectivity index (χ0) is 17.4. The van der Waals surface area contributed by atoms with E-state index in [2.05, 4.69) is 54.6 Å². The highest BCUT2D eigenvalue weighted by Gasteiger charge is 2.21. The Labute approximate surface area is 149 Å². The summed E-state index contributed by atoms with van der Waals surface area (Å²) in [6.07, 6.45) is 2.27. The van der Waals surface area contributed by atoms with Gasteiger partial charge in [0.25, 0.3) is 0 Å². The van der Waals surface area contributed by atoms with Crippen LogP contribution in [0.2, 0.25) is 0 Å². The summed E-state index contributed by atoms with van der Waals surface area (Å²) >= 11 is 0. The Morgan fingerprint density at radius 1 is 0.692 bits per heavy atom. The first-order valence-electron chi connectivity index (χ1n) is 8.66. The molecule has 0 saturated heterocycles. The number of nitrogen functional groups attached to an aromatic ring is 2. The second-order valence-corrected chi connectivity index (χ2v) is 6.89. The van der Waals surface area contributed by atoms with Crippen molar-refractivity contribution in [3.8, 4) is 22.3 Å². The van der Waals surface area contributed by atoms with Gasteiger partial charge in [0, 0.05) is 16.5 Å². The molecule has 0 aromatic heterocycles. The van der Waals surface area contributed by atoms with Crippen molar-refractivity contribution in [3.05, 3.63) is 76.8 Å². The molecule has 1 aliphatic heterocycles. The number of benzene rings is 4. The van der Waals surface area contributed by atoms with E-state index in [1.54, 1.807) is 0 Å². The zero-order valence-electron chi connectivity index (χ0n) is 14.0. The molecular formula is C23H15N3. The van der Waals surface area contributed by atoms with Crippen molar-refractivity contribution in [2.24, 2.45) is 4.99 Å². The molecule has 26 heavy (non-hydrogen) atoms. The Morgan fingerprint density at radius 2 is 1.50 bits per heavy atom. The van der Waals surface area contributed by atoms with Crippen molar-refractivity contribution < 1.29 is 0 Å². The van der Waals surface area contributed by atoms with Crippen LogP contribution in [0.4, 0.5) is 17.1 Å². The number of anilines is 2. The van der Waals surface area contributed by atoms with Gasteiger partial charge in [-0.25, -0.2) is 4.99 Å². The minimum Gasteiger partial charge on any atom is -0.397 e. The fourth-order valence-corrected chi connectivity index (χ4v) is 4.27. The van der Waals surface area contributed by atoms with E-state index in [0.717, 1.165) is 27.6 Å². The van der Waals surface area contributed by atoms with E-state index in [4.69, 9.17) is 16.5 Å². The molecule has 0 radical (unpaired) electrons. The van der Waals surface area contributed by atoms with E-state index < -0.39 is 0 Å². The van der Waals surface area contributed by atoms with Crippen LogP contribution < -0.4 is 22.0 Å². The number of nitrogens with zero attached hydrogens (tertiary/aromatic N) is 1. The molecule has 2 aliphatic rings. The largest absolute Gasteiger partial charge is 0.397 e. The van der Waals surface area contributed by atoms with Crippen LogP contribution in [0.25, 0.3) is 39.1 Å². The molecule has 122 valence electrons. The Kier molecular flexibility index (Phi) is 2.38. The molecule has 4 aromatic rings. The van der Waals surface area contributed by atoms with E-state index in [0.29, 0.717) is 11.4 Å². The van der Waals surface area contributed by atoms with E-state index in [1.165, 1.54) is 27.3 Å². The molecule has 6 rings (SSSR count). The lowest BCUT2D eigenvalue weighted by atomic mass is 9.96. The maximum absolute atomic E-state index is 6.25. The minimum atomic E-state index is 0.602. The summed E-state index contributed by atoms with van der Waals surface area (Å²) in [5.41, 5.74) is 20.2. The van der Waals surface area contributed by atoms with Crippen LogP contribution in [0, 0.1) is 0 Å². The SMILES string of the molecule is Nc1ccc2c(c1N)-c1ccc3c4c(ccc3c1=N2)-c1ccccc1C=4. The maximum atomic E-state index is 6.25. The van der Waals surface area contributed by atoms with E-state index >= 15 is 0 Å². The van der Waals surface area contributed by atoms with E-state index in [-0.39, 0.29) is 0 Å². The van der Waals surface area contributed by atoms with Gasteiger partial charge in [-0.1, -0.05) is 48.5 Å². The Morgan fingerprint density at radius 3 is 2.42 bits per heavy atom. The monoisotopic (exact) mass is 333 g/mol. The normalized spacial score (nSPS) is 12.8. The minimum absolute atomic E-state index is 0.602. The van der Waals surface area contributed by atoms with Crippen LogP contribution in [0.5, 0.6) is 0 Å². The maximum Gasteiger partial charge on any atom is 0.0795 e. The lowest BCUT2D eigenvalue weighted by Crippen LogP contribution is -2.10. The number of hydrogen-bond acceptors (Lipinski definition) is 3. The lowest BCUT2D eigenvalue weighted by Gasteiger charge is -2.08. The third kappa shape index (κ3) is 1.55. The first kappa shape index (κ1) is 13.7. The zero-order valence-corrected chi connectivity index (χ0v) is 14.0. The molecule has 0 unspecified atom stereocenters. The van der Waals surface area contributed by atoms with E-state index in [1.807, 2.05) is 12.1 Å². The average molecular weight is 333 g/mol. The fourth-order valence-electron chi connectivity index (χ4n) is 4.27. The van der Waals surface area contributed by atoms with Gasteiger partial charge in [0.05, 0.1) is 22.4 Å². The molecule has 1 heterocycles. The molecule has 1 aliphatic carbocycles. The molecule has 4 aromatic carbocycles. The number of hydrogen-bond donors (Lipinski definition) is 2. The van der Waals surface area contributed by atoms with E-state index in [9.17, 15) is 0 Å². The molecule has 3 nitrogen and oxygen atoms in total. The average Bonchev–Trinajstić information content (AvgIpc) is 3.23. The quantitative estimate of drug-likeness (QED) is 0.416. The highest BCUT2D eigenvalue weighted by molar-refractivity contribution is 6.01. The van der Waals surface area contributed by atoms with Gasteiger partial charge >= 0.3 is 0 Å². The van der Waals surface area contributed by atoms with Crippen molar-refractivity contribution >= 4 is 33.9 Å². The molecule has 0 fully saturated rings. The third-order valence-corrected chi connectivity index (χ3v) is 5.52. The molecule has 0 atom stereocenters. The highest BCUT2D eigenvalue weighted by Crippen LogP contribution is 2.41.